The summed E-state index contributed by atoms with van der Waals surface area (Å²) < 4.78 is 3.56. The number of rotatable bonds is 2. The highest BCUT2D eigenvalue weighted by Crippen LogP contribution is 2.40. The molecule has 1 atom stereocenters. The average Bonchev–Trinajstić information content (AvgIpc) is 3.06. The van der Waals surface area contributed by atoms with Gasteiger partial charge < -0.3 is 4.57 Å². The molecule has 0 saturated heterocycles. The zero-order valence-corrected chi connectivity index (χ0v) is 13.3. The van der Waals surface area contributed by atoms with Crippen molar-refractivity contribution in [1.82, 2.24) is 4.57 Å². The van der Waals surface area contributed by atoms with Crippen LogP contribution in [0.15, 0.2) is 64.1 Å². The number of aromatic nitrogens is 1. The number of halogens is 1. The minimum Gasteiger partial charge on any atom is -0.347 e. The van der Waals surface area contributed by atoms with Gasteiger partial charge in [-0.15, -0.1) is 11.8 Å². The molecule has 20 heavy (non-hydrogen) atoms. The first kappa shape index (κ1) is 12.5. The van der Waals surface area contributed by atoms with Crippen molar-refractivity contribution < 1.29 is 0 Å². The minimum atomic E-state index is 0.616. The van der Waals surface area contributed by atoms with Crippen LogP contribution in [-0.2, 0) is 6.54 Å². The maximum absolute atomic E-state index is 3.63. The van der Waals surface area contributed by atoms with Gasteiger partial charge in [0.25, 0.3) is 0 Å². The van der Waals surface area contributed by atoms with E-state index in [1.54, 1.807) is 0 Å². The lowest BCUT2D eigenvalue weighted by molar-refractivity contribution is 0.623. The fraction of sp³-hybridized carbons (Fsp3) is 0.176. The van der Waals surface area contributed by atoms with E-state index in [0.29, 0.717) is 5.92 Å². The van der Waals surface area contributed by atoms with Crippen LogP contribution >= 0.6 is 27.7 Å². The van der Waals surface area contributed by atoms with Crippen LogP contribution in [-0.4, -0.2) is 10.3 Å². The number of benzene rings is 2. The Balaban J connectivity index is 1.71. The van der Waals surface area contributed by atoms with Crippen molar-refractivity contribution in [2.75, 3.05) is 5.75 Å². The zero-order chi connectivity index (χ0) is 13.5. The van der Waals surface area contributed by atoms with Crippen LogP contribution in [0, 0.1) is 0 Å². The van der Waals surface area contributed by atoms with Crippen LogP contribution in [0.5, 0.6) is 0 Å². The Morgan fingerprint density at radius 3 is 2.95 bits per heavy atom. The molecule has 100 valence electrons. The van der Waals surface area contributed by atoms with E-state index in [1.807, 2.05) is 11.8 Å². The van der Waals surface area contributed by atoms with Crippen molar-refractivity contribution >= 4 is 38.6 Å². The third kappa shape index (κ3) is 2.00. The van der Waals surface area contributed by atoms with Crippen LogP contribution in [0.2, 0.25) is 0 Å². The van der Waals surface area contributed by atoms with Gasteiger partial charge in [0.15, 0.2) is 0 Å². The topological polar surface area (TPSA) is 4.93 Å². The highest BCUT2D eigenvalue weighted by Gasteiger charge is 2.23. The molecular formula is C17H14BrNS. The van der Waals surface area contributed by atoms with Crippen molar-refractivity contribution in [2.45, 2.75) is 17.4 Å². The molecule has 0 radical (unpaired) electrons. The third-order valence-corrected chi connectivity index (χ3v) is 5.92. The molecule has 1 aromatic heterocycles. The molecule has 3 aromatic rings. The van der Waals surface area contributed by atoms with Gasteiger partial charge >= 0.3 is 0 Å². The Labute approximate surface area is 131 Å². The molecule has 0 N–H and O–H groups in total. The van der Waals surface area contributed by atoms with Crippen LogP contribution < -0.4 is 0 Å². The van der Waals surface area contributed by atoms with Crippen molar-refractivity contribution in [1.29, 1.82) is 0 Å². The highest BCUT2D eigenvalue weighted by molar-refractivity contribution is 9.10. The summed E-state index contributed by atoms with van der Waals surface area (Å²) in [6, 6.07) is 17.4. The molecule has 1 aliphatic heterocycles. The normalized spacial score (nSPS) is 17.6. The first-order valence-corrected chi connectivity index (χ1v) is 8.56. The Hall–Kier alpha value is -1.19. The van der Waals surface area contributed by atoms with Gasteiger partial charge in [0, 0.05) is 44.7 Å². The predicted octanol–water partition coefficient (Wildman–Crippen LogP) is 5.29. The van der Waals surface area contributed by atoms with Gasteiger partial charge in [0.05, 0.1) is 0 Å². The molecule has 0 bridgehead atoms. The molecular weight excluding hydrogens is 330 g/mol. The fourth-order valence-corrected chi connectivity index (χ4v) is 4.69. The van der Waals surface area contributed by atoms with Crippen LogP contribution in [0.25, 0.3) is 10.9 Å². The Kier molecular flexibility index (Phi) is 3.12. The summed E-state index contributed by atoms with van der Waals surface area (Å²) in [6.45, 7) is 1.06. The van der Waals surface area contributed by atoms with Gasteiger partial charge in [-0.25, -0.2) is 0 Å². The molecule has 3 heteroatoms. The quantitative estimate of drug-likeness (QED) is 0.611. The van der Waals surface area contributed by atoms with E-state index in [9.17, 15) is 0 Å². The number of nitrogens with zero attached hydrogens (tertiary/aromatic N) is 1. The van der Waals surface area contributed by atoms with Gasteiger partial charge in [-0.1, -0.05) is 40.2 Å². The summed E-state index contributed by atoms with van der Waals surface area (Å²) >= 11 is 5.62. The van der Waals surface area contributed by atoms with E-state index in [4.69, 9.17) is 0 Å². The highest BCUT2D eigenvalue weighted by atomic mass is 79.9. The predicted molar refractivity (Wildman–Crippen MR) is 89.5 cm³/mol. The van der Waals surface area contributed by atoms with Crippen LogP contribution in [0.1, 0.15) is 11.5 Å². The maximum Gasteiger partial charge on any atom is 0.0491 e. The number of thioether (sulfide) groups is 1. The second-order valence-corrected chi connectivity index (χ2v) is 7.10. The van der Waals surface area contributed by atoms with E-state index >= 15 is 0 Å². The molecule has 0 saturated carbocycles. The van der Waals surface area contributed by atoms with Gasteiger partial charge in [-0.2, -0.15) is 0 Å². The van der Waals surface area contributed by atoms with Gasteiger partial charge in [0.1, 0.15) is 0 Å². The molecule has 0 spiro atoms. The second kappa shape index (κ2) is 4.97. The SMILES string of the molecule is Brc1cccc2c1ccn2CC1CSc2ccccc21. The first-order chi connectivity index (χ1) is 9.83. The molecule has 1 aliphatic rings. The lowest BCUT2D eigenvalue weighted by Gasteiger charge is -2.13. The van der Waals surface area contributed by atoms with E-state index in [-0.39, 0.29) is 0 Å². The van der Waals surface area contributed by atoms with Crippen LogP contribution in [0.4, 0.5) is 0 Å². The van der Waals surface area contributed by atoms with Gasteiger partial charge in [-0.05, 0) is 29.8 Å². The zero-order valence-electron chi connectivity index (χ0n) is 10.9. The lowest BCUT2D eigenvalue weighted by Crippen LogP contribution is -2.07. The van der Waals surface area contributed by atoms with Crippen molar-refractivity contribution in [3.8, 4) is 0 Å². The summed E-state index contributed by atoms with van der Waals surface area (Å²) in [6.07, 6.45) is 2.21. The van der Waals surface area contributed by atoms with Gasteiger partial charge in [0.2, 0.25) is 0 Å². The lowest BCUT2D eigenvalue weighted by atomic mass is 10.0. The molecule has 0 fully saturated rings. The van der Waals surface area contributed by atoms with E-state index in [0.717, 1.165) is 6.54 Å². The summed E-state index contributed by atoms with van der Waals surface area (Å²) in [7, 11) is 0. The molecule has 2 aromatic carbocycles. The minimum absolute atomic E-state index is 0.616. The Morgan fingerprint density at radius 2 is 2.00 bits per heavy atom. The van der Waals surface area contributed by atoms with Gasteiger partial charge in [-0.3, -0.25) is 0 Å². The Bertz CT molecular complexity index is 778. The molecule has 1 unspecified atom stereocenters. The fourth-order valence-electron chi connectivity index (χ4n) is 2.96. The second-order valence-electron chi connectivity index (χ2n) is 5.19. The van der Waals surface area contributed by atoms with E-state index in [1.165, 1.54) is 31.6 Å². The van der Waals surface area contributed by atoms with E-state index < -0.39 is 0 Å². The first-order valence-electron chi connectivity index (χ1n) is 6.78. The summed E-state index contributed by atoms with van der Waals surface area (Å²) in [5.74, 6) is 1.80. The Morgan fingerprint density at radius 1 is 1.10 bits per heavy atom. The molecule has 1 nitrogen and oxygen atoms in total. The smallest absolute Gasteiger partial charge is 0.0491 e. The maximum atomic E-state index is 3.63. The summed E-state index contributed by atoms with van der Waals surface area (Å²) in [4.78, 5) is 1.45. The van der Waals surface area contributed by atoms with Crippen molar-refractivity contribution in [2.24, 2.45) is 0 Å². The number of fused-ring (bicyclic) bond motifs is 2. The monoisotopic (exact) mass is 343 g/mol. The average molecular weight is 344 g/mol. The van der Waals surface area contributed by atoms with Crippen molar-refractivity contribution in [3.05, 3.63) is 64.8 Å². The van der Waals surface area contributed by atoms with E-state index in [2.05, 4.69) is 75.2 Å². The summed E-state index contributed by atoms with van der Waals surface area (Å²) in [5, 5.41) is 1.30. The molecule has 4 rings (SSSR count). The molecule has 0 aliphatic carbocycles. The van der Waals surface area contributed by atoms with Crippen LogP contribution in [0.3, 0.4) is 0 Å². The summed E-state index contributed by atoms with van der Waals surface area (Å²) in [5.41, 5.74) is 2.82. The standard InChI is InChI=1S/C17H14BrNS/c18-15-5-3-6-16-14(15)8-9-19(16)10-12-11-20-17-7-2-1-4-13(12)17/h1-9,12H,10-11H2. The molecule has 2 heterocycles. The number of hydrogen-bond acceptors (Lipinski definition) is 1. The third-order valence-electron chi connectivity index (χ3n) is 3.98. The number of hydrogen-bond donors (Lipinski definition) is 0. The largest absolute Gasteiger partial charge is 0.347 e. The molecule has 0 amide bonds. The van der Waals surface area contributed by atoms with Crippen molar-refractivity contribution in [3.63, 3.8) is 0 Å².